The van der Waals surface area contributed by atoms with Crippen LogP contribution in [-0.2, 0) is 23.2 Å². The lowest BCUT2D eigenvalue weighted by molar-refractivity contribution is 0.305. The van der Waals surface area contributed by atoms with Gasteiger partial charge in [-0.2, -0.15) is 4.31 Å². The van der Waals surface area contributed by atoms with Crippen LogP contribution in [0.5, 0.6) is 5.75 Å². The molecular weight excluding hydrogens is 503 g/mol. The third kappa shape index (κ3) is 5.02. The molecule has 0 fully saturated rings. The number of benzene rings is 4. The summed E-state index contributed by atoms with van der Waals surface area (Å²) in [6, 6.07) is 29.3. The summed E-state index contributed by atoms with van der Waals surface area (Å²) in [6.07, 6.45) is -0.570. The summed E-state index contributed by atoms with van der Waals surface area (Å²) in [5.74, 6) is 0.661. The van der Waals surface area contributed by atoms with E-state index in [4.69, 9.17) is 27.9 Å². The van der Waals surface area contributed by atoms with Crippen LogP contribution in [0.2, 0.25) is 10.0 Å². The van der Waals surface area contributed by atoms with Gasteiger partial charge in [0.25, 0.3) is 0 Å². The van der Waals surface area contributed by atoms with E-state index in [0.29, 0.717) is 28.1 Å². The van der Waals surface area contributed by atoms with E-state index in [1.54, 1.807) is 30.3 Å². The first-order valence-electron chi connectivity index (χ1n) is 11.0. The number of hydrogen-bond donors (Lipinski definition) is 1. The Hall–Kier alpha value is -3.03. The molecule has 0 saturated heterocycles. The minimum absolute atomic E-state index is 0.241. The molecule has 0 amide bonds. The zero-order chi connectivity index (χ0) is 24.4. The van der Waals surface area contributed by atoms with Crippen molar-refractivity contribution >= 4 is 38.9 Å². The Labute approximate surface area is 214 Å². The number of hydrogen-bond acceptors (Lipinski definition) is 4. The van der Waals surface area contributed by atoms with E-state index in [9.17, 15) is 8.42 Å². The Kier molecular flexibility index (Phi) is 6.71. The summed E-state index contributed by atoms with van der Waals surface area (Å²) < 4.78 is 34.6. The monoisotopic (exact) mass is 524 g/mol. The standard InChI is InChI=1S/C27H22Cl2N2O3S/c28-23-15-10-20(16-24(23)29)18-34-22-13-11-21(12-14-22)27-30-25-8-4-5-9-26(25)35(32,33)31(27)17-19-6-2-1-3-7-19/h1-16,27,30H,17-18H2/t27-/m1/s1. The van der Waals surface area contributed by atoms with Gasteiger partial charge < -0.3 is 10.1 Å². The van der Waals surface area contributed by atoms with Gasteiger partial charge in [-0.1, -0.05) is 83.9 Å². The van der Waals surface area contributed by atoms with Gasteiger partial charge in [0.2, 0.25) is 10.0 Å². The van der Waals surface area contributed by atoms with E-state index in [2.05, 4.69) is 5.32 Å². The average Bonchev–Trinajstić information content (AvgIpc) is 2.87. The first-order valence-corrected chi connectivity index (χ1v) is 13.2. The van der Waals surface area contributed by atoms with Crippen LogP contribution < -0.4 is 10.1 Å². The number of nitrogens with one attached hydrogen (secondary N) is 1. The first kappa shape index (κ1) is 23.7. The number of ether oxygens (including phenoxy) is 1. The molecule has 1 aliphatic rings. The van der Waals surface area contributed by atoms with Gasteiger partial charge in [-0.3, -0.25) is 0 Å². The summed E-state index contributed by atoms with van der Waals surface area (Å²) >= 11 is 12.1. The number of rotatable bonds is 6. The van der Waals surface area contributed by atoms with E-state index in [1.165, 1.54) is 4.31 Å². The average molecular weight is 525 g/mol. The van der Waals surface area contributed by atoms with Crippen LogP contribution in [0.3, 0.4) is 0 Å². The van der Waals surface area contributed by atoms with Crippen molar-refractivity contribution in [3.8, 4) is 5.75 Å². The van der Waals surface area contributed by atoms with E-state index in [0.717, 1.165) is 16.7 Å². The molecule has 1 N–H and O–H groups in total. The van der Waals surface area contributed by atoms with E-state index in [-0.39, 0.29) is 11.4 Å². The predicted molar refractivity (Wildman–Crippen MR) is 139 cm³/mol. The van der Waals surface area contributed by atoms with Crippen molar-refractivity contribution in [1.82, 2.24) is 4.31 Å². The number of anilines is 1. The molecule has 0 saturated carbocycles. The van der Waals surface area contributed by atoms with Gasteiger partial charge >= 0.3 is 0 Å². The van der Waals surface area contributed by atoms with Crippen LogP contribution in [0.4, 0.5) is 5.69 Å². The molecule has 1 aliphatic heterocycles. The molecule has 1 atom stereocenters. The minimum atomic E-state index is -3.73. The first-order chi connectivity index (χ1) is 16.9. The molecular formula is C27H22Cl2N2O3S. The second kappa shape index (κ2) is 9.91. The SMILES string of the molecule is O=S1(=O)c2ccccc2N[C@@H](c2ccc(OCc3ccc(Cl)c(Cl)c3)cc2)N1Cc1ccccc1. The lowest BCUT2D eigenvalue weighted by atomic mass is 10.1. The van der Waals surface area contributed by atoms with Crippen LogP contribution in [0.15, 0.2) is 102 Å². The highest BCUT2D eigenvalue weighted by Gasteiger charge is 2.38. The number of nitrogens with zero attached hydrogens (tertiary/aromatic N) is 1. The maximum atomic E-state index is 13.6. The van der Waals surface area contributed by atoms with Crippen LogP contribution in [-0.4, -0.2) is 12.7 Å². The molecule has 4 aromatic carbocycles. The van der Waals surface area contributed by atoms with Crippen molar-refractivity contribution in [2.24, 2.45) is 0 Å². The molecule has 4 aromatic rings. The number of halogens is 2. The van der Waals surface area contributed by atoms with Gasteiger partial charge in [-0.15, -0.1) is 0 Å². The Morgan fingerprint density at radius 2 is 1.51 bits per heavy atom. The lowest BCUT2D eigenvalue weighted by Crippen LogP contribution is -2.42. The topological polar surface area (TPSA) is 58.6 Å². The Morgan fingerprint density at radius 1 is 0.800 bits per heavy atom. The molecule has 0 bridgehead atoms. The van der Waals surface area contributed by atoms with Crippen LogP contribution in [0, 0.1) is 0 Å². The third-order valence-corrected chi connectivity index (χ3v) is 8.43. The normalized spacial score (nSPS) is 16.8. The molecule has 5 rings (SSSR count). The minimum Gasteiger partial charge on any atom is -0.489 e. The van der Waals surface area contributed by atoms with Crippen molar-refractivity contribution in [1.29, 1.82) is 0 Å². The van der Waals surface area contributed by atoms with Crippen molar-refractivity contribution in [3.63, 3.8) is 0 Å². The fourth-order valence-electron chi connectivity index (χ4n) is 4.03. The predicted octanol–water partition coefficient (Wildman–Crippen LogP) is 6.89. The van der Waals surface area contributed by atoms with Gasteiger partial charge in [0.05, 0.1) is 15.7 Å². The molecule has 0 spiro atoms. The van der Waals surface area contributed by atoms with Crippen molar-refractivity contribution in [3.05, 3.63) is 124 Å². The van der Waals surface area contributed by atoms with Gasteiger partial charge in [0, 0.05) is 6.54 Å². The molecule has 1 heterocycles. The highest BCUT2D eigenvalue weighted by Crippen LogP contribution is 2.39. The lowest BCUT2D eigenvalue weighted by Gasteiger charge is -2.37. The van der Waals surface area contributed by atoms with Crippen molar-refractivity contribution in [2.45, 2.75) is 24.2 Å². The van der Waals surface area contributed by atoms with Gasteiger partial charge in [-0.05, 0) is 53.1 Å². The van der Waals surface area contributed by atoms with E-state index in [1.807, 2.05) is 66.7 Å². The molecule has 0 unspecified atom stereocenters. The van der Waals surface area contributed by atoms with Gasteiger partial charge in [-0.25, -0.2) is 8.42 Å². The molecule has 8 heteroatoms. The van der Waals surface area contributed by atoms with Crippen LogP contribution in [0.25, 0.3) is 0 Å². The van der Waals surface area contributed by atoms with Gasteiger partial charge in [0.15, 0.2) is 0 Å². The molecule has 0 aromatic heterocycles. The molecule has 178 valence electrons. The Balaban J connectivity index is 1.41. The maximum Gasteiger partial charge on any atom is 0.247 e. The largest absolute Gasteiger partial charge is 0.489 e. The van der Waals surface area contributed by atoms with Crippen LogP contribution >= 0.6 is 23.2 Å². The molecule has 0 aliphatic carbocycles. The number of sulfonamides is 1. The van der Waals surface area contributed by atoms with Crippen molar-refractivity contribution in [2.75, 3.05) is 5.32 Å². The smallest absolute Gasteiger partial charge is 0.247 e. The fourth-order valence-corrected chi connectivity index (χ4v) is 6.03. The second-order valence-corrected chi connectivity index (χ2v) is 10.9. The third-order valence-electron chi connectivity index (χ3n) is 5.82. The summed E-state index contributed by atoms with van der Waals surface area (Å²) in [6.45, 7) is 0.574. The quantitative estimate of drug-likeness (QED) is 0.298. The second-order valence-electron chi connectivity index (χ2n) is 8.19. The fraction of sp³-hybridized carbons (Fsp3) is 0.111. The summed E-state index contributed by atoms with van der Waals surface area (Å²) in [4.78, 5) is 0.272. The zero-order valence-corrected chi connectivity index (χ0v) is 20.9. The van der Waals surface area contributed by atoms with Gasteiger partial charge in [0.1, 0.15) is 23.4 Å². The van der Waals surface area contributed by atoms with Crippen molar-refractivity contribution < 1.29 is 13.2 Å². The molecule has 0 radical (unpaired) electrons. The number of para-hydroxylation sites is 1. The highest BCUT2D eigenvalue weighted by atomic mass is 35.5. The maximum absolute atomic E-state index is 13.6. The van der Waals surface area contributed by atoms with Crippen LogP contribution in [0.1, 0.15) is 22.9 Å². The Bertz CT molecular complexity index is 1450. The summed E-state index contributed by atoms with van der Waals surface area (Å²) in [5.41, 5.74) is 3.20. The molecule has 5 nitrogen and oxygen atoms in total. The summed E-state index contributed by atoms with van der Waals surface area (Å²) in [7, 11) is -3.73. The van der Waals surface area contributed by atoms with E-state index >= 15 is 0 Å². The Morgan fingerprint density at radius 3 is 2.26 bits per heavy atom. The number of fused-ring (bicyclic) bond motifs is 1. The van der Waals surface area contributed by atoms with E-state index < -0.39 is 16.2 Å². The zero-order valence-electron chi connectivity index (χ0n) is 18.6. The highest BCUT2D eigenvalue weighted by molar-refractivity contribution is 7.89. The molecule has 35 heavy (non-hydrogen) atoms. The summed E-state index contributed by atoms with van der Waals surface area (Å²) in [5, 5.41) is 4.38.